The number of amides is 1. The van der Waals surface area contributed by atoms with Crippen LogP contribution in [0.2, 0.25) is 0 Å². The van der Waals surface area contributed by atoms with E-state index in [1.165, 1.54) is 25.7 Å². The number of rotatable bonds is 5. The highest BCUT2D eigenvalue weighted by Gasteiger charge is 2.46. The van der Waals surface area contributed by atoms with Crippen molar-refractivity contribution in [2.45, 2.75) is 59.4 Å². The van der Waals surface area contributed by atoms with Gasteiger partial charge in [0.1, 0.15) is 5.69 Å². The fraction of sp³-hybridized carbons (Fsp3) is 0.727. The summed E-state index contributed by atoms with van der Waals surface area (Å²) in [5.74, 6) is -0.134. The number of carbonyl (C=O) groups excluding carboxylic acids is 1. The minimum atomic E-state index is -0.134. The summed E-state index contributed by atoms with van der Waals surface area (Å²) in [5, 5.41) is 2.62. The molecule has 1 aromatic rings. The Labute approximate surface area is 164 Å². The minimum absolute atomic E-state index is 0.134. The zero-order valence-electron chi connectivity index (χ0n) is 17.7. The lowest BCUT2D eigenvalue weighted by Gasteiger charge is -2.43. The van der Waals surface area contributed by atoms with Gasteiger partial charge in [0, 0.05) is 39.3 Å². The summed E-state index contributed by atoms with van der Waals surface area (Å²) < 4.78 is 0. The van der Waals surface area contributed by atoms with Gasteiger partial charge in [-0.3, -0.25) is 9.69 Å². The lowest BCUT2D eigenvalue weighted by molar-refractivity contribution is 0.0753. The normalized spacial score (nSPS) is 27.0. The molecule has 2 unspecified atom stereocenters. The molecule has 0 bridgehead atoms. The van der Waals surface area contributed by atoms with Crippen molar-refractivity contribution in [3.8, 4) is 0 Å². The Morgan fingerprint density at radius 3 is 2.56 bits per heavy atom. The number of carbonyl (C=O) groups is 1. The van der Waals surface area contributed by atoms with Gasteiger partial charge in [0.25, 0.3) is 5.91 Å². The van der Waals surface area contributed by atoms with Crippen molar-refractivity contribution < 1.29 is 4.79 Å². The van der Waals surface area contributed by atoms with Crippen molar-refractivity contribution >= 4 is 11.6 Å². The van der Waals surface area contributed by atoms with Crippen LogP contribution < -0.4 is 10.2 Å². The third kappa shape index (κ3) is 3.98. The van der Waals surface area contributed by atoms with E-state index in [4.69, 9.17) is 0 Å². The van der Waals surface area contributed by atoms with Crippen LogP contribution in [0.4, 0.5) is 5.69 Å². The fourth-order valence-electron chi connectivity index (χ4n) is 4.74. The average molecular weight is 373 g/mol. The molecule has 0 radical (unpaired) electrons. The van der Waals surface area contributed by atoms with Crippen LogP contribution in [0.5, 0.6) is 0 Å². The highest BCUT2D eigenvalue weighted by atomic mass is 16.1. The molecule has 1 saturated carbocycles. The first-order chi connectivity index (χ1) is 12.8. The van der Waals surface area contributed by atoms with E-state index < -0.39 is 0 Å². The van der Waals surface area contributed by atoms with E-state index >= 15 is 0 Å². The Balaban J connectivity index is 1.56. The van der Waals surface area contributed by atoms with Gasteiger partial charge in [-0.2, -0.15) is 0 Å². The Hall–Kier alpha value is -1.62. The van der Waals surface area contributed by atoms with Crippen molar-refractivity contribution in [3.63, 3.8) is 0 Å². The lowest BCUT2D eigenvalue weighted by Crippen LogP contribution is -2.50. The number of anilines is 1. The first-order valence-corrected chi connectivity index (χ1v) is 10.5. The molecule has 1 aliphatic heterocycles. The molecule has 1 aromatic heterocycles. The van der Waals surface area contributed by atoms with Crippen molar-refractivity contribution in [3.05, 3.63) is 24.0 Å². The summed E-state index contributed by atoms with van der Waals surface area (Å²) in [5.41, 5.74) is 2.47. The van der Waals surface area contributed by atoms with Crippen LogP contribution >= 0.6 is 0 Å². The van der Waals surface area contributed by atoms with Crippen molar-refractivity contribution in [2.24, 2.45) is 10.8 Å². The molecule has 2 aliphatic rings. The van der Waals surface area contributed by atoms with Crippen LogP contribution in [0.25, 0.3) is 0 Å². The zero-order chi connectivity index (χ0) is 19.7. The summed E-state index contributed by atoms with van der Waals surface area (Å²) in [6, 6.07) is 4.57. The van der Waals surface area contributed by atoms with E-state index in [0.717, 1.165) is 37.9 Å². The predicted molar refractivity (Wildman–Crippen MR) is 111 cm³/mol. The maximum Gasteiger partial charge on any atom is 0.269 e. The standard InChI is InChI=1S/C22H36N4O/c1-6-21(2,3)22(4)10-9-17(15-22)25-11-13-26(14-12-25)18-7-8-19(24-16-18)20(27)23-5/h7-8,16-17H,6,9-15H2,1-5H3,(H,23,27). The second kappa shape index (κ2) is 7.78. The third-order valence-corrected chi connectivity index (χ3v) is 7.64. The van der Waals surface area contributed by atoms with Gasteiger partial charge in [0.05, 0.1) is 11.9 Å². The largest absolute Gasteiger partial charge is 0.368 e. The summed E-state index contributed by atoms with van der Waals surface area (Å²) in [6.45, 7) is 14.0. The van der Waals surface area contributed by atoms with Gasteiger partial charge in [-0.25, -0.2) is 4.98 Å². The Morgan fingerprint density at radius 1 is 1.30 bits per heavy atom. The molecule has 150 valence electrons. The quantitative estimate of drug-likeness (QED) is 0.859. The Bertz CT molecular complexity index is 649. The smallest absolute Gasteiger partial charge is 0.269 e. The zero-order valence-corrected chi connectivity index (χ0v) is 17.7. The van der Waals surface area contributed by atoms with E-state index in [0.29, 0.717) is 16.5 Å². The van der Waals surface area contributed by atoms with Crippen molar-refractivity contribution in [1.82, 2.24) is 15.2 Å². The van der Waals surface area contributed by atoms with Crippen LogP contribution in [0.3, 0.4) is 0 Å². The number of nitrogens with one attached hydrogen (secondary N) is 1. The highest BCUT2D eigenvalue weighted by molar-refractivity contribution is 5.92. The van der Waals surface area contributed by atoms with Crippen molar-refractivity contribution in [1.29, 1.82) is 0 Å². The molecule has 1 N–H and O–H groups in total. The maximum absolute atomic E-state index is 11.6. The van der Waals surface area contributed by atoms with Gasteiger partial charge < -0.3 is 10.2 Å². The first-order valence-electron chi connectivity index (χ1n) is 10.5. The molecule has 27 heavy (non-hydrogen) atoms. The van der Waals surface area contributed by atoms with Crippen molar-refractivity contribution in [2.75, 3.05) is 38.1 Å². The number of aromatic nitrogens is 1. The second-order valence-corrected chi connectivity index (χ2v) is 9.20. The first kappa shape index (κ1) is 20.1. The van der Waals surface area contributed by atoms with Gasteiger partial charge in [-0.15, -0.1) is 0 Å². The topological polar surface area (TPSA) is 48.5 Å². The van der Waals surface area contributed by atoms with Gasteiger partial charge in [-0.05, 0) is 42.2 Å². The average Bonchev–Trinajstić information content (AvgIpc) is 3.11. The minimum Gasteiger partial charge on any atom is -0.368 e. The molecule has 1 saturated heterocycles. The number of hydrogen-bond acceptors (Lipinski definition) is 4. The molecule has 1 aliphatic carbocycles. The summed E-state index contributed by atoms with van der Waals surface area (Å²) in [6.07, 6.45) is 7.10. The third-order valence-electron chi connectivity index (χ3n) is 7.64. The van der Waals surface area contributed by atoms with E-state index in [9.17, 15) is 4.79 Å². The van der Waals surface area contributed by atoms with E-state index in [-0.39, 0.29) is 5.91 Å². The number of nitrogens with zero attached hydrogens (tertiary/aromatic N) is 3. The highest BCUT2D eigenvalue weighted by Crippen LogP contribution is 2.53. The summed E-state index contributed by atoms with van der Waals surface area (Å²) in [4.78, 5) is 21.0. The van der Waals surface area contributed by atoms with Gasteiger partial charge in [-0.1, -0.05) is 34.1 Å². The summed E-state index contributed by atoms with van der Waals surface area (Å²) in [7, 11) is 1.63. The number of hydrogen-bond donors (Lipinski definition) is 1. The van der Waals surface area contributed by atoms with Crippen LogP contribution in [0.15, 0.2) is 18.3 Å². The van der Waals surface area contributed by atoms with Crippen LogP contribution in [0.1, 0.15) is 63.9 Å². The Kier molecular flexibility index (Phi) is 5.80. The maximum atomic E-state index is 11.6. The lowest BCUT2D eigenvalue weighted by atomic mass is 9.64. The molecule has 1 amide bonds. The van der Waals surface area contributed by atoms with E-state index in [2.05, 4.69) is 47.8 Å². The molecular formula is C22H36N4O. The fourth-order valence-corrected chi connectivity index (χ4v) is 4.74. The van der Waals surface area contributed by atoms with Gasteiger partial charge >= 0.3 is 0 Å². The second-order valence-electron chi connectivity index (χ2n) is 9.20. The van der Waals surface area contributed by atoms with E-state index in [1.54, 1.807) is 7.05 Å². The predicted octanol–water partition coefficient (Wildman–Crippen LogP) is 3.56. The monoisotopic (exact) mass is 372 g/mol. The SMILES string of the molecule is CCC(C)(C)C1(C)CCC(N2CCN(c3ccc(C(=O)NC)nc3)CC2)C1. The van der Waals surface area contributed by atoms with Gasteiger partial charge in [0.15, 0.2) is 0 Å². The molecule has 2 fully saturated rings. The van der Waals surface area contributed by atoms with Crippen LogP contribution in [-0.4, -0.2) is 55.1 Å². The van der Waals surface area contributed by atoms with Crippen LogP contribution in [0, 0.1) is 10.8 Å². The molecular weight excluding hydrogens is 336 g/mol. The molecule has 3 rings (SSSR count). The van der Waals surface area contributed by atoms with Gasteiger partial charge in [0.2, 0.25) is 0 Å². The number of piperazine rings is 1. The molecule has 5 heteroatoms. The van der Waals surface area contributed by atoms with Crippen LogP contribution in [-0.2, 0) is 0 Å². The molecule has 2 heterocycles. The summed E-state index contributed by atoms with van der Waals surface area (Å²) >= 11 is 0. The molecule has 5 nitrogen and oxygen atoms in total. The number of pyridine rings is 1. The molecule has 2 atom stereocenters. The molecule has 0 spiro atoms. The van der Waals surface area contributed by atoms with E-state index in [1.807, 2.05) is 18.3 Å². The Morgan fingerprint density at radius 2 is 2.00 bits per heavy atom. The molecule has 0 aromatic carbocycles.